The quantitative estimate of drug-likeness (QED) is 0.859. The lowest BCUT2D eigenvalue weighted by molar-refractivity contribution is 0.0739. The fourth-order valence-corrected chi connectivity index (χ4v) is 2.96. The first-order valence-electron chi connectivity index (χ1n) is 7.58. The third-order valence-corrected chi connectivity index (χ3v) is 4.14. The molecule has 20 heavy (non-hydrogen) atoms. The molecule has 1 aliphatic carbocycles. The molecule has 0 saturated heterocycles. The summed E-state index contributed by atoms with van der Waals surface area (Å²) in [5, 5.41) is 0. The van der Waals surface area contributed by atoms with Crippen molar-refractivity contribution in [2.24, 2.45) is 5.92 Å². The summed E-state index contributed by atoms with van der Waals surface area (Å²) in [6.45, 7) is 2.58. The maximum absolute atomic E-state index is 6.05. The van der Waals surface area contributed by atoms with E-state index in [0.29, 0.717) is 19.8 Å². The summed E-state index contributed by atoms with van der Waals surface area (Å²) in [4.78, 5) is 0. The highest BCUT2D eigenvalue weighted by Crippen LogP contribution is 2.34. The van der Waals surface area contributed by atoms with E-state index in [4.69, 9.17) is 19.9 Å². The minimum absolute atomic E-state index is 0.555. The Bertz CT molecular complexity index is 455. The van der Waals surface area contributed by atoms with Crippen LogP contribution in [0.2, 0.25) is 0 Å². The number of benzene rings is 1. The van der Waals surface area contributed by atoms with Crippen molar-refractivity contribution in [2.75, 3.05) is 25.6 Å². The summed E-state index contributed by atoms with van der Waals surface area (Å²) in [6, 6.07) is 3.79. The Morgan fingerprint density at radius 1 is 1.05 bits per heavy atom. The standard InChI is InChI=1S/C16H23NO3/c17-14-9-16-15(19-6-7-20-16)8-13(14)11-18-10-12-4-2-1-3-5-12/h8-9,12H,1-7,10-11,17H2. The zero-order valence-corrected chi connectivity index (χ0v) is 11.9. The van der Waals surface area contributed by atoms with E-state index < -0.39 is 0 Å². The van der Waals surface area contributed by atoms with Crippen LogP contribution in [0.15, 0.2) is 12.1 Å². The Kier molecular flexibility index (Phi) is 4.31. The Morgan fingerprint density at radius 2 is 1.75 bits per heavy atom. The Hall–Kier alpha value is -1.42. The van der Waals surface area contributed by atoms with Crippen molar-refractivity contribution in [3.05, 3.63) is 17.7 Å². The van der Waals surface area contributed by atoms with Crippen LogP contribution in [0.3, 0.4) is 0 Å². The van der Waals surface area contributed by atoms with Crippen LogP contribution in [0, 0.1) is 5.92 Å². The highest BCUT2D eigenvalue weighted by Gasteiger charge is 2.16. The average Bonchev–Trinajstić information content (AvgIpc) is 2.49. The van der Waals surface area contributed by atoms with Gasteiger partial charge in [0.2, 0.25) is 0 Å². The van der Waals surface area contributed by atoms with Crippen molar-refractivity contribution >= 4 is 5.69 Å². The van der Waals surface area contributed by atoms with Crippen molar-refractivity contribution in [2.45, 2.75) is 38.7 Å². The molecule has 1 aromatic rings. The Morgan fingerprint density at radius 3 is 2.50 bits per heavy atom. The first kappa shape index (κ1) is 13.6. The third kappa shape index (κ3) is 3.18. The highest BCUT2D eigenvalue weighted by atomic mass is 16.6. The monoisotopic (exact) mass is 277 g/mol. The van der Waals surface area contributed by atoms with E-state index >= 15 is 0 Å². The van der Waals surface area contributed by atoms with E-state index in [-0.39, 0.29) is 0 Å². The van der Waals surface area contributed by atoms with Gasteiger partial charge in [0.15, 0.2) is 11.5 Å². The van der Waals surface area contributed by atoms with E-state index in [1.54, 1.807) is 0 Å². The molecule has 1 heterocycles. The predicted octanol–water partition coefficient (Wildman–Crippen LogP) is 3.14. The van der Waals surface area contributed by atoms with Crippen LogP contribution < -0.4 is 15.2 Å². The van der Waals surface area contributed by atoms with Gasteiger partial charge in [0.05, 0.1) is 6.61 Å². The van der Waals surface area contributed by atoms with E-state index in [9.17, 15) is 0 Å². The van der Waals surface area contributed by atoms with Gasteiger partial charge < -0.3 is 19.9 Å². The van der Waals surface area contributed by atoms with Gasteiger partial charge in [0.25, 0.3) is 0 Å². The molecule has 0 amide bonds. The second-order valence-electron chi connectivity index (χ2n) is 5.71. The minimum Gasteiger partial charge on any atom is -0.486 e. The smallest absolute Gasteiger partial charge is 0.163 e. The van der Waals surface area contributed by atoms with E-state index in [2.05, 4.69) is 0 Å². The predicted molar refractivity (Wildman–Crippen MR) is 78.1 cm³/mol. The number of nitrogens with two attached hydrogens (primary N) is 1. The van der Waals surface area contributed by atoms with Crippen LogP contribution in [0.4, 0.5) is 5.69 Å². The molecule has 0 unspecified atom stereocenters. The number of anilines is 1. The lowest BCUT2D eigenvalue weighted by Crippen LogP contribution is -2.16. The number of ether oxygens (including phenoxy) is 3. The molecule has 110 valence electrons. The topological polar surface area (TPSA) is 53.7 Å². The van der Waals surface area contributed by atoms with E-state index in [0.717, 1.165) is 35.3 Å². The van der Waals surface area contributed by atoms with Crippen molar-refractivity contribution < 1.29 is 14.2 Å². The van der Waals surface area contributed by atoms with Crippen LogP contribution in [-0.2, 0) is 11.3 Å². The summed E-state index contributed by atoms with van der Waals surface area (Å²) in [6.07, 6.45) is 6.68. The van der Waals surface area contributed by atoms with Crippen molar-refractivity contribution in [1.82, 2.24) is 0 Å². The molecule has 2 N–H and O–H groups in total. The summed E-state index contributed by atoms with van der Waals surface area (Å²) >= 11 is 0. The van der Waals surface area contributed by atoms with Gasteiger partial charge in [-0.25, -0.2) is 0 Å². The number of hydrogen-bond donors (Lipinski definition) is 1. The molecule has 1 aromatic carbocycles. The highest BCUT2D eigenvalue weighted by molar-refractivity contribution is 5.58. The molecule has 0 radical (unpaired) electrons. The number of fused-ring (bicyclic) bond motifs is 1. The maximum atomic E-state index is 6.05. The molecule has 4 nitrogen and oxygen atoms in total. The van der Waals surface area contributed by atoms with Gasteiger partial charge in [-0.05, 0) is 24.8 Å². The number of nitrogen functional groups attached to an aromatic ring is 1. The van der Waals surface area contributed by atoms with E-state index in [1.807, 2.05) is 12.1 Å². The Labute approximate surface area is 120 Å². The summed E-state index contributed by atoms with van der Waals surface area (Å²) < 4.78 is 16.9. The van der Waals surface area contributed by atoms with Gasteiger partial charge in [0, 0.05) is 23.9 Å². The molecule has 1 fully saturated rings. The van der Waals surface area contributed by atoms with Crippen LogP contribution in [0.1, 0.15) is 37.7 Å². The summed E-state index contributed by atoms with van der Waals surface area (Å²) in [5.41, 5.74) is 7.76. The minimum atomic E-state index is 0.555. The van der Waals surface area contributed by atoms with Gasteiger partial charge in [-0.1, -0.05) is 19.3 Å². The molecule has 1 aliphatic heterocycles. The zero-order chi connectivity index (χ0) is 13.8. The van der Waals surface area contributed by atoms with Crippen molar-refractivity contribution in [3.8, 4) is 11.5 Å². The first-order valence-corrected chi connectivity index (χ1v) is 7.58. The maximum Gasteiger partial charge on any atom is 0.163 e. The molecular formula is C16H23NO3. The van der Waals surface area contributed by atoms with Crippen LogP contribution >= 0.6 is 0 Å². The second kappa shape index (κ2) is 6.35. The fraction of sp³-hybridized carbons (Fsp3) is 0.625. The fourth-order valence-electron chi connectivity index (χ4n) is 2.96. The molecule has 3 rings (SSSR count). The van der Waals surface area contributed by atoms with Gasteiger partial charge in [-0.15, -0.1) is 0 Å². The van der Waals surface area contributed by atoms with Crippen molar-refractivity contribution in [1.29, 1.82) is 0 Å². The van der Waals surface area contributed by atoms with Crippen molar-refractivity contribution in [3.63, 3.8) is 0 Å². The number of rotatable bonds is 4. The molecule has 2 aliphatic rings. The third-order valence-electron chi connectivity index (χ3n) is 4.14. The van der Waals surface area contributed by atoms with Gasteiger partial charge in [-0.2, -0.15) is 0 Å². The average molecular weight is 277 g/mol. The summed E-state index contributed by atoms with van der Waals surface area (Å²) in [5.74, 6) is 2.24. The lowest BCUT2D eigenvalue weighted by Gasteiger charge is -2.22. The van der Waals surface area contributed by atoms with Crippen LogP contribution in [0.25, 0.3) is 0 Å². The van der Waals surface area contributed by atoms with Gasteiger partial charge >= 0.3 is 0 Å². The molecule has 0 aromatic heterocycles. The molecule has 4 heteroatoms. The summed E-state index contributed by atoms with van der Waals surface area (Å²) in [7, 11) is 0. The second-order valence-corrected chi connectivity index (χ2v) is 5.71. The van der Waals surface area contributed by atoms with Crippen LogP contribution in [-0.4, -0.2) is 19.8 Å². The Balaban J connectivity index is 1.56. The molecule has 1 saturated carbocycles. The normalized spacial score (nSPS) is 19.0. The first-order chi connectivity index (χ1) is 9.83. The van der Waals surface area contributed by atoms with Gasteiger partial charge in [0.1, 0.15) is 13.2 Å². The van der Waals surface area contributed by atoms with Crippen LogP contribution in [0.5, 0.6) is 11.5 Å². The largest absolute Gasteiger partial charge is 0.486 e. The zero-order valence-electron chi connectivity index (χ0n) is 11.9. The molecular weight excluding hydrogens is 254 g/mol. The molecule has 0 bridgehead atoms. The molecule has 0 atom stereocenters. The SMILES string of the molecule is Nc1cc2c(cc1COCC1CCCCC1)OCCO2. The molecule has 0 spiro atoms. The van der Waals surface area contributed by atoms with E-state index in [1.165, 1.54) is 32.1 Å². The number of hydrogen-bond acceptors (Lipinski definition) is 4. The van der Waals surface area contributed by atoms with Gasteiger partial charge in [-0.3, -0.25) is 0 Å². The lowest BCUT2D eigenvalue weighted by atomic mass is 9.90.